The lowest BCUT2D eigenvalue weighted by atomic mass is 10.2. The van der Waals surface area contributed by atoms with Crippen molar-refractivity contribution in [1.29, 1.82) is 0 Å². The minimum absolute atomic E-state index is 0.0707. The highest BCUT2D eigenvalue weighted by molar-refractivity contribution is 7.89. The van der Waals surface area contributed by atoms with Crippen molar-refractivity contribution >= 4 is 27.5 Å². The quantitative estimate of drug-likeness (QED) is 0.553. The maximum Gasteiger partial charge on any atom is 0.266 e. The molecule has 4 N–H and O–H groups in total. The van der Waals surface area contributed by atoms with Crippen LogP contribution in [0.1, 0.15) is 17.3 Å². The molecule has 0 aliphatic rings. The first-order valence-corrected chi connectivity index (χ1v) is 8.78. The van der Waals surface area contributed by atoms with E-state index in [1.807, 2.05) is 10.3 Å². The van der Waals surface area contributed by atoms with Crippen LogP contribution in [0.5, 0.6) is 11.5 Å². The Kier molecular flexibility index (Phi) is 5.80. The van der Waals surface area contributed by atoms with E-state index in [-0.39, 0.29) is 27.6 Å². The first-order valence-electron chi connectivity index (χ1n) is 7.30. The van der Waals surface area contributed by atoms with Gasteiger partial charge in [-0.3, -0.25) is 15.0 Å². The molecule has 0 heterocycles. The highest BCUT2D eigenvalue weighted by Crippen LogP contribution is 2.27. The second kappa shape index (κ2) is 7.85. The molecule has 0 atom stereocenters. The van der Waals surface area contributed by atoms with E-state index in [2.05, 4.69) is 5.32 Å². The van der Waals surface area contributed by atoms with Gasteiger partial charge in [-0.15, -0.1) is 4.83 Å². The Bertz CT molecular complexity index is 943. The monoisotopic (exact) mass is 379 g/mol. The van der Waals surface area contributed by atoms with Crippen LogP contribution in [0.4, 0.5) is 5.69 Å². The Morgan fingerprint density at radius 1 is 1.12 bits per heavy atom. The highest BCUT2D eigenvalue weighted by Gasteiger charge is 2.18. The van der Waals surface area contributed by atoms with E-state index in [0.29, 0.717) is 0 Å². The summed E-state index contributed by atoms with van der Waals surface area (Å²) in [6.45, 7) is 1.27. The molecule has 0 spiro atoms. The number of carbonyl (C=O) groups excluding carboxylic acids is 2. The number of benzene rings is 2. The van der Waals surface area contributed by atoms with Crippen LogP contribution in [0.15, 0.2) is 47.4 Å². The van der Waals surface area contributed by atoms with Gasteiger partial charge in [0.2, 0.25) is 5.91 Å². The van der Waals surface area contributed by atoms with E-state index in [1.54, 1.807) is 0 Å². The van der Waals surface area contributed by atoms with E-state index in [4.69, 9.17) is 4.74 Å². The molecule has 0 aliphatic heterocycles. The van der Waals surface area contributed by atoms with E-state index >= 15 is 0 Å². The number of methoxy groups -OCH3 is 1. The largest absolute Gasteiger partial charge is 0.508 e. The lowest BCUT2D eigenvalue weighted by Crippen LogP contribution is -2.41. The minimum Gasteiger partial charge on any atom is -0.508 e. The first-order chi connectivity index (χ1) is 12.2. The number of hydrogen-bond donors (Lipinski definition) is 4. The predicted molar refractivity (Wildman–Crippen MR) is 93.2 cm³/mol. The lowest BCUT2D eigenvalue weighted by Gasteiger charge is -2.12. The van der Waals surface area contributed by atoms with Crippen LogP contribution in [-0.2, 0) is 14.8 Å². The fourth-order valence-corrected chi connectivity index (χ4v) is 2.90. The van der Waals surface area contributed by atoms with Crippen LogP contribution in [0.2, 0.25) is 0 Å². The molecule has 0 saturated heterocycles. The van der Waals surface area contributed by atoms with E-state index < -0.39 is 21.8 Å². The SMILES string of the molecule is COc1ccc(S(=O)(=O)NNC(=O)c2cccc(O)c2)cc1NC(C)=O. The van der Waals surface area contributed by atoms with Crippen molar-refractivity contribution in [3.63, 3.8) is 0 Å². The van der Waals surface area contributed by atoms with Gasteiger partial charge < -0.3 is 15.2 Å². The third-order valence-electron chi connectivity index (χ3n) is 3.20. The molecule has 0 bridgehead atoms. The van der Waals surface area contributed by atoms with Gasteiger partial charge in [0.1, 0.15) is 11.5 Å². The van der Waals surface area contributed by atoms with Crippen LogP contribution in [0.3, 0.4) is 0 Å². The molecule has 10 heteroatoms. The zero-order chi connectivity index (χ0) is 19.3. The van der Waals surface area contributed by atoms with Gasteiger partial charge in [-0.25, -0.2) is 8.42 Å². The van der Waals surface area contributed by atoms with E-state index in [0.717, 1.165) is 0 Å². The smallest absolute Gasteiger partial charge is 0.266 e. The van der Waals surface area contributed by atoms with E-state index in [1.165, 1.54) is 56.5 Å². The zero-order valence-corrected chi connectivity index (χ0v) is 14.8. The van der Waals surface area contributed by atoms with Crippen LogP contribution in [0.25, 0.3) is 0 Å². The summed E-state index contributed by atoms with van der Waals surface area (Å²) in [5.74, 6) is -0.998. The van der Waals surface area contributed by atoms with Crippen LogP contribution in [0, 0.1) is 0 Å². The van der Waals surface area contributed by atoms with Gasteiger partial charge in [-0.2, -0.15) is 0 Å². The minimum atomic E-state index is -4.11. The molecule has 0 aromatic heterocycles. The maximum atomic E-state index is 12.3. The van der Waals surface area contributed by atoms with Crippen LogP contribution < -0.4 is 20.3 Å². The zero-order valence-electron chi connectivity index (χ0n) is 13.9. The molecule has 0 fully saturated rings. The number of sulfonamides is 1. The van der Waals surface area contributed by atoms with Crippen molar-refractivity contribution in [2.45, 2.75) is 11.8 Å². The number of anilines is 1. The van der Waals surface area contributed by atoms with Crippen molar-refractivity contribution in [2.75, 3.05) is 12.4 Å². The summed E-state index contributed by atoms with van der Waals surface area (Å²) in [5.41, 5.74) is 2.29. The molecule has 26 heavy (non-hydrogen) atoms. The molecule has 9 nitrogen and oxygen atoms in total. The number of carbonyl (C=O) groups is 2. The average Bonchev–Trinajstić information content (AvgIpc) is 2.59. The van der Waals surface area contributed by atoms with Gasteiger partial charge in [0.25, 0.3) is 15.9 Å². The molecule has 2 aromatic carbocycles. The maximum absolute atomic E-state index is 12.3. The molecular formula is C16H17N3O6S. The van der Waals surface area contributed by atoms with Gasteiger partial charge in [-0.05, 0) is 36.4 Å². The third kappa shape index (κ3) is 4.71. The van der Waals surface area contributed by atoms with Crippen molar-refractivity contribution in [2.24, 2.45) is 0 Å². The number of hydrogen-bond acceptors (Lipinski definition) is 6. The first kappa shape index (κ1) is 19.2. The summed E-state index contributed by atoms with van der Waals surface area (Å²) in [4.78, 5) is 24.9. The summed E-state index contributed by atoms with van der Waals surface area (Å²) >= 11 is 0. The summed E-state index contributed by atoms with van der Waals surface area (Å²) < 4.78 is 29.7. The van der Waals surface area contributed by atoms with Gasteiger partial charge >= 0.3 is 0 Å². The summed E-state index contributed by atoms with van der Waals surface area (Å²) in [6, 6.07) is 9.24. The summed E-state index contributed by atoms with van der Waals surface area (Å²) in [5, 5.41) is 11.8. The topological polar surface area (TPSA) is 134 Å². The van der Waals surface area contributed by atoms with Gasteiger partial charge in [0.15, 0.2) is 0 Å². The van der Waals surface area contributed by atoms with Gasteiger partial charge in [-0.1, -0.05) is 6.07 Å². The van der Waals surface area contributed by atoms with Crippen molar-refractivity contribution in [3.05, 3.63) is 48.0 Å². The lowest BCUT2D eigenvalue weighted by molar-refractivity contribution is -0.114. The average molecular weight is 379 g/mol. The Labute approximate surface area is 150 Å². The summed E-state index contributed by atoms with van der Waals surface area (Å²) in [7, 11) is -2.73. The standard InChI is InChI=1S/C16H17N3O6S/c1-10(20)17-14-9-13(6-7-15(14)25-2)26(23,24)19-18-16(22)11-4-3-5-12(21)8-11/h3-9,19,21H,1-2H3,(H,17,20)(H,18,22). The summed E-state index contributed by atoms with van der Waals surface area (Å²) in [6.07, 6.45) is 0. The number of aromatic hydroxyl groups is 1. The second-order valence-electron chi connectivity index (χ2n) is 5.15. The number of rotatable bonds is 6. The fourth-order valence-electron chi connectivity index (χ4n) is 2.03. The number of ether oxygens (including phenoxy) is 1. The van der Waals surface area contributed by atoms with Gasteiger partial charge in [0, 0.05) is 12.5 Å². The third-order valence-corrected chi connectivity index (χ3v) is 4.44. The molecule has 0 saturated carbocycles. The van der Waals surface area contributed by atoms with E-state index in [9.17, 15) is 23.1 Å². The molecule has 138 valence electrons. The van der Waals surface area contributed by atoms with Crippen molar-refractivity contribution in [1.82, 2.24) is 10.3 Å². The van der Waals surface area contributed by atoms with Crippen molar-refractivity contribution in [3.8, 4) is 11.5 Å². The molecule has 0 aliphatic carbocycles. The Hall–Kier alpha value is -3.11. The predicted octanol–water partition coefficient (Wildman–Crippen LogP) is 0.982. The number of phenolic OH excluding ortho intramolecular Hbond substituents is 1. The normalized spacial score (nSPS) is 10.8. The molecule has 0 radical (unpaired) electrons. The number of amides is 2. The Morgan fingerprint density at radius 3 is 2.46 bits per heavy atom. The van der Waals surface area contributed by atoms with Crippen LogP contribution in [-0.4, -0.2) is 32.4 Å². The number of phenols is 1. The molecule has 2 rings (SSSR count). The van der Waals surface area contributed by atoms with Gasteiger partial charge in [0.05, 0.1) is 17.7 Å². The number of hydrazine groups is 1. The Morgan fingerprint density at radius 2 is 1.85 bits per heavy atom. The fraction of sp³-hybridized carbons (Fsp3) is 0.125. The second-order valence-corrected chi connectivity index (χ2v) is 6.84. The molecular weight excluding hydrogens is 362 g/mol. The molecule has 2 aromatic rings. The van der Waals surface area contributed by atoms with Crippen molar-refractivity contribution < 1.29 is 27.9 Å². The molecule has 2 amide bonds. The highest BCUT2D eigenvalue weighted by atomic mass is 32.2. The molecule has 0 unspecified atom stereocenters. The van der Waals surface area contributed by atoms with Crippen LogP contribution >= 0.6 is 0 Å². The number of nitrogens with one attached hydrogen (secondary N) is 3. The Balaban J connectivity index is 2.19.